The highest BCUT2D eigenvalue weighted by Gasteiger charge is 2.34. The predicted molar refractivity (Wildman–Crippen MR) is 59.1 cm³/mol. The first-order valence-corrected chi connectivity index (χ1v) is 5.61. The summed E-state index contributed by atoms with van der Waals surface area (Å²) in [7, 11) is 0. The Hall–Kier alpha value is -1.12. The molecule has 1 amide bonds. The molecule has 2 atom stereocenters. The second-order valence-corrected chi connectivity index (χ2v) is 4.16. The lowest BCUT2D eigenvalue weighted by Crippen LogP contribution is -2.21. The summed E-state index contributed by atoms with van der Waals surface area (Å²) < 4.78 is 0. The molecule has 0 bridgehead atoms. The van der Waals surface area contributed by atoms with Crippen molar-refractivity contribution in [2.24, 2.45) is 17.6 Å². The summed E-state index contributed by atoms with van der Waals surface area (Å²) in [5.74, 6) is 0.206. The molecule has 2 N–H and O–H groups in total. The summed E-state index contributed by atoms with van der Waals surface area (Å²) in [4.78, 5) is 22.4. The van der Waals surface area contributed by atoms with Gasteiger partial charge in [-0.3, -0.25) is 9.59 Å². The highest BCUT2D eigenvalue weighted by atomic mass is 16.1. The second kappa shape index (κ2) is 5.69. The van der Waals surface area contributed by atoms with Gasteiger partial charge in [0, 0.05) is 18.8 Å². The van der Waals surface area contributed by atoms with Crippen LogP contribution < -0.4 is 5.73 Å². The maximum Gasteiger partial charge on any atom is 0.217 e. The molecular formula is C12H19NO2. The van der Waals surface area contributed by atoms with Gasteiger partial charge in [-0.2, -0.15) is 0 Å². The number of amides is 1. The maximum absolute atomic E-state index is 11.6. The lowest BCUT2D eigenvalue weighted by molar-refractivity contribution is -0.122. The third-order valence-corrected chi connectivity index (χ3v) is 3.00. The smallest absolute Gasteiger partial charge is 0.217 e. The van der Waals surface area contributed by atoms with Gasteiger partial charge in [-0.25, -0.2) is 0 Å². The SMILES string of the molecule is CC/C=C/CC1C(=O)CCC1CC(N)=O. The normalized spacial score (nSPS) is 26.3. The van der Waals surface area contributed by atoms with E-state index in [0.29, 0.717) is 18.6 Å². The van der Waals surface area contributed by atoms with Gasteiger partial charge in [-0.05, 0) is 25.2 Å². The molecule has 3 nitrogen and oxygen atoms in total. The van der Waals surface area contributed by atoms with E-state index in [4.69, 9.17) is 5.73 Å². The largest absolute Gasteiger partial charge is 0.370 e. The van der Waals surface area contributed by atoms with Crippen LogP contribution in [0.2, 0.25) is 0 Å². The van der Waals surface area contributed by atoms with Crippen molar-refractivity contribution in [2.45, 2.75) is 39.0 Å². The van der Waals surface area contributed by atoms with E-state index in [1.807, 2.05) is 6.08 Å². The third kappa shape index (κ3) is 3.50. The molecule has 1 saturated carbocycles. The topological polar surface area (TPSA) is 60.2 Å². The van der Waals surface area contributed by atoms with Gasteiger partial charge in [0.1, 0.15) is 5.78 Å². The molecule has 1 aliphatic carbocycles. The summed E-state index contributed by atoms with van der Waals surface area (Å²) in [6, 6.07) is 0. The standard InChI is InChI=1S/C12H19NO2/c1-2-3-4-5-10-9(8-12(13)15)6-7-11(10)14/h3-4,9-10H,2,5-8H2,1H3,(H2,13,15)/b4-3+. The lowest BCUT2D eigenvalue weighted by atomic mass is 9.89. The van der Waals surface area contributed by atoms with Gasteiger partial charge < -0.3 is 5.73 Å². The van der Waals surface area contributed by atoms with Gasteiger partial charge in [0.25, 0.3) is 0 Å². The van der Waals surface area contributed by atoms with E-state index in [1.54, 1.807) is 0 Å². The van der Waals surface area contributed by atoms with Gasteiger partial charge in [0.05, 0.1) is 0 Å². The van der Waals surface area contributed by atoms with E-state index in [2.05, 4.69) is 13.0 Å². The van der Waals surface area contributed by atoms with Crippen LogP contribution in [-0.4, -0.2) is 11.7 Å². The fourth-order valence-electron chi connectivity index (χ4n) is 2.21. The van der Waals surface area contributed by atoms with E-state index in [9.17, 15) is 9.59 Å². The number of primary amides is 1. The molecule has 15 heavy (non-hydrogen) atoms. The molecule has 0 aromatic heterocycles. The fourth-order valence-corrected chi connectivity index (χ4v) is 2.21. The van der Waals surface area contributed by atoms with Crippen LogP contribution in [0, 0.1) is 11.8 Å². The summed E-state index contributed by atoms with van der Waals surface area (Å²) >= 11 is 0. The van der Waals surface area contributed by atoms with E-state index in [0.717, 1.165) is 19.3 Å². The number of carbonyl (C=O) groups excluding carboxylic acids is 2. The summed E-state index contributed by atoms with van der Waals surface area (Å²) in [5, 5.41) is 0. The first-order chi connectivity index (χ1) is 7.15. The maximum atomic E-state index is 11.6. The molecule has 1 aliphatic rings. The van der Waals surface area contributed by atoms with Crippen LogP contribution in [0.4, 0.5) is 0 Å². The van der Waals surface area contributed by atoms with Crippen LogP contribution in [0.3, 0.4) is 0 Å². The summed E-state index contributed by atoms with van der Waals surface area (Å²) in [6.45, 7) is 2.06. The molecule has 0 heterocycles. The first kappa shape index (κ1) is 12.0. The Bertz CT molecular complexity index is 271. The van der Waals surface area contributed by atoms with Gasteiger partial charge in [0.15, 0.2) is 0 Å². The molecule has 2 unspecified atom stereocenters. The molecule has 0 aromatic carbocycles. The number of carbonyl (C=O) groups is 2. The molecule has 0 saturated heterocycles. The monoisotopic (exact) mass is 209 g/mol. The molecule has 1 fully saturated rings. The van der Waals surface area contributed by atoms with Crippen LogP contribution in [-0.2, 0) is 9.59 Å². The molecule has 1 rings (SSSR count). The Morgan fingerprint density at radius 1 is 1.53 bits per heavy atom. The van der Waals surface area contributed by atoms with Crippen molar-refractivity contribution >= 4 is 11.7 Å². The third-order valence-electron chi connectivity index (χ3n) is 3.00. The quantitative estimate of drug-likeness (QED) is 0.702. The number of ketones is 1. The number of rotatable bonds is 5. The first-order valence-electron chi connectivity index (χ1n) is 5.61. The van der Waals surface area contributed by atoms with Crippen LogP contribution in [0.5, 0.6) is 0 Å². The zero-order valence-electron chi connectivity index (χ0n) is 9.24. The van der Waals surface area contributed by atoms with E-state index >= 15 is 0 Å². The molecular weight excluding hydrogens is 190 g/mol. The van der Waals surface area contributed by atoms with Gasteiger partial charge in [-0.15, -0.1) is 0 Å². The van der Waals surface area contributed by atoms with Crippen molar-refractivity contribution in [2.75, 3.05) is 0 Å². The van der Waals surface area contributed by atoms with Gasteiger partial charge >= 0.3 is 0 Å². The average Bonchev–Trinajstić information content (AvgIpc) is 2.49. The Balaban J connectivity index is 2.52. The Kier molecular flexibility index (Phi) is 4.53. The lowest BCUT2D eigenvalue weighted by Gasteiger charge is -2.14. The summed E-state index contributed by atoms with van der Waals surface area (Å²) in [6.07, 6.45) is 7.66. The van der Waals surface area contributed by atoms with Crippen molar-refractivity contribution in [1.29, 1.82) is 0 Å². The van der Waals surface area contributed by atoms with E-state index < -0.39 is 0 Å². The second-order valence-electron chi connectivity index (χ2n) is 4.16. The Morgan fingerprint density at radius 2 is 2.27 bits per heavy atom. The highest BCUT2D eigenvalue weighted by molar-refractivity contribution is 5.85. The van der Waals surface area contributed by atoms with E-state index in [-0.39, 0.29) is 17.7 Å². The number of nitrogens with two attached hydrogens (primary N) is 1. The zero-order valence-corrected chi connectivity index (χ0v) is 9.24. The molecule has 0 aliphatic heterocycles. The number of hydrogen-bond acceptors (Lipinski definition) is 2. The number of Topliss-reactive ketones (excluding diaryl/α,β-unsaturated/α-hetero) is 1. The van der Waals surface area contributed by atoms with Crippen molar-refractivity contribution < 1.29 is 9.59 Å². The molecule has 3 heteroatoms. The van der Waals surface area contributed by atoms with Crippen LogP contribution in [0.1, 0.15) is 39.0 Å². The van der Waals surface area contributed by atoms with Crippen LogP contribution in [0.25, 0.3) is 0 Å². The minimum absolute atomic E-state index is 0.0281. The van der Waals surface area contributed by atoms with Gasteiger partial charge in [0.2, 0.25) is 5.91 Å². The van der Waals surface area contributed by atoms with Crippen LogP contribution in [0.15, 0.2) is 12.2 Å². The highest BCUT2D eigenvalue weighted by Crippen LogP contribution is 2.33. The minimum atomic E-state index is -0.292. The minimum Gasteiger partial charge on any atom is -0.370 e. The van der Waals surface area contributed by atoms with Crippen LogP contribution >= 0.6 is 0 Å². The Morgan fingerprint density at radius 3 is 2.87 bits per heavy atom. The predicted octanol–water partition coefficient (Wildman–Crippen LogP) is 1.81. The summed E-state index contributed by atoms with van der Waals surface area (Å²) in [5.41, 5.74) is 5.17. The Labute approximate surface area is 90.7 Å². The molecule has 0 aromatic rings. The van der Waals surface area contributed by atoms with Crippen molar-refractivity contribution in [3.05, 3.63) is 12.2 Å². The fraction of sp³-hybridized carbons (Fsp3) is 0.667. The molecule has 84 valence electrons. The van der Waals surface area contributed by atoms with Gasteiger partial charge in [-0.1, -0.05) is 19.1 Å². The number of allylic oxidation sites excluding steroid dienone is 2. The molecule has 0 spiro atoms. The van der Waals surface area contributed by atoms with Crippen molar-refractivity contribution in [3.63, 3.8) is 0 Å². The molecule has 0 radical (unpaired) electrons. The van der Waals surface area contributed by atoms with Crippen molar-refractivity contribution in [1.82, 2.24) is 0 Å². The average molecular weight is 209 g/mol. The number of hydrogen-bond donors (Lipinski definition) is 1. The zero-order chi connectivity index (χ0) is 11.3. The van der Waals surface area contributed by atoms with Crippen molar-refractivity contribution in [3.8, 4) is 0 Å². The van der Waals surface area contributed by atoms with E-state index in [1.165, 1.54) is 0 Å².